The van der Waals surface area contributed by atoms with Gasteiger partial charge in [0.2, 0.25) is 0 Å². The lowest BCUT2D eigenvalue weighted by Crippen LogP contribution is -2.26. The molecule has 1 aromatic carbocycles. The number of pyridine rings is 1. The number of anilines is 1. The van der Waals surface area contributed by atoms with Gasteiger partial charge in [0, 0.05) is 22.2 Å². The number of hydrogen-bond donors (Lipinski definition) is 2. The largest absolute Gasteiger partial charge is 0.317 e. The van der Waals surface area contributed by atoms with Crippen LogP contribution >= 0.6 is 23.7 Å². The highest BCUT2D eigenvalue weighted by Crippen LogP contribution is 2.32. The molecule has 0 atom stereocenters. The molecule has 7 heteroatoms. The summed E-state index contributed by atoms with van der Waals surface area (Å²) in [5.74, 6) is 0.390. The third-order valence-electron chi connectivity index (χ3n) is 4.59. The molecule has 2 N–H and O–H groups in total. The Morgan fingerprint density at radius 1 is 1.23 bits per heavy atom. The number of thiazole rings is 1. The number of aromatic nitrogens is 2. The summed E-state index contributed by atoms with van der Waals surface area (Å²) >= 11 is 1.58. The van der Waals surface area contributed by atoms with Gasteiger partial charge >= 0.3 is 0 Å². The Bertz CT molecular complexity index is 921. The third kappa shape index (κ3) is 3.87. The van der Waals surface area contributed by atoms with Gasteiger partial charge in [-0.25, -0.2) is 4.98 Å². The zero-order chi connectivity index (χ0) is 17.2. The molecule has 0 radical (unpaired) electrons. The summed E-state index contributed by atoms with van der Waals surface area (Å²) < 4.78 is 0. The van der Waals surface area contributed by atoms with Crippen LogP contribution in [0.1, 0.15) is 39.7 Å². The number of hydrogen-bond acceptors (Lipinski definition) is 5. The van der Waals surface area contributed by atoms with Gasteiger partial charge in [-0.05, 0) is 50.9 Å². The number of aryl methyl sites for hydroxylation is 1. The topological polar surface area (TPSA) is 66.9 Å². The fourth-order valence-electron chi connectivity index (χ4n) is 3.23. The van der Waals surface area contributed by atoms with E-state index in [-0.39, 0.29) is 18.3 Å². The fourth-order valence-corrected chi connectivity index (χ4v) is 4.21. The Morgan fingerprint density at radius 3 is 2.85 bits per heavy atom. The van der Waals surface area contributed by atoms with E-state index in [9.17, 15) is 4.79 Å². The lowest BCUT2D eigenvalue weighted by molar-refractivity contribution is 0.102. The van der Waals surface area contributed by atoms with Crippen molar-refractivity contribution in [1.82, 2.24) is 15.3 Å². The van der Waals surface area contributed by atoms with Crippen LogP contribution in [-0.4, -0.2) is 29.0 Å². The molecular weight excluding hydrogens is 368 g/mol. The van der Waals surface area contributed by atoms with E-state index in [1.165, 1.54) is 4.88 Å². The number of rotatable bonds is 3. The molecule has 5 nitrogen and oxygen atoms in total. The van der Waals surface area contributed by atoms with Gasteiger partial charge in [-0.3, -0.25) is 15.1 Å². The van der Waals surface area contributed by atoms with Crippen LogP contribution < -0.4 is 10.6 Å². The van der Waals surface area contributed by atoms with Crippen molar-refractivity contribution in [3.63, 3.8) is 0 Å². The maximum absolute atomic E-state index is 12.7. The Hall–Kier alpha value is -2.02. The lowest BCUT2D eigenvalue weighted by atomic mass is 9.97. The number of nitrogens with one attached hydrogen (secondary N) is 2. The molecule has 1 aliphatic heterocycles. The van der Waals surface area contributed by atoms with Gasteiger partial charge in [-0.1, -0.05) is 18.2 Å². The minimum atomic E-state index is -0.157. The summed E-state index contributed by atoms with van der Waals surface area (Å²) in [5.41, 5.74) is 2.21. The summed E-state index contributed by atoms with van der Waals surface area (Å²) in [5, 5.41) is 7.94. The van der Waals surface area contributed by atoms with E-state index >= 15 is 0 Å². The molecular formula is C19H21ClN4OS. The molecule has 0 aliphatic carbocycles. The molecule has 1 aliphatic rings. The molecule has 1 saturated heterocycles. The first-order valence-electron chi connectivity index (χ1n) is 8.55. The average molecular weight is 389 g/mol. The molecule has 26 heavy (non-hydrogen) atoms. The second-order valence-corrected chi connectivity index (χ2v) is 7.44. The third-order valence-corrected chi connectivity index (χ3v) is 5.66. The van der Waals surface area contributed by atoms with E-state index < -0.39 is 0 Å². The number of piperidine rings is 1. The Labute approximate surface area is 162 Å². The van der Waals surface area contributed by atoms with E-state index in [1.807, 2.05) is 43.5 Å². The van der Waals surface area contributed by atoms with Crippen LogP contribution in [0.4, 0.5) is 5.13 Å². The van der Waals surface area contributed by atoms with E-state index in [4.69, 9.17) is 0 Å². The van der Waals surface area contributed by atoms with Crippen molar-refractivity contribution in [2.45, 2.75) is 25.7 Å². The second-order valence-electron chi connectivity index (χ2n) is 6.38. The molecule has 3 heterocycles. The number of para-hydroxylation sites is 1. The van der Waals surface area contributed by atoms with Gasteiger partial charge in [0.1, 0.15) is 0 Å². The van der Waals surface area contributed by atoms with Gasteiger partial charge < -0.3 is 5.32 Å². The smallest absolute Gasteiger partial charge is 0.259 e. The molecule has 0 spiro atoms. The van der Waals surface area contributed by atoms with Gasteiger partial charge in [-0.15, -0.1) is 23.7 Å². The minimum Gasteiger partial charge on any atom is -0.317 e. The molecule has 4 rings (SSSR count). The summed E-state index contributed by atoms with van der Waals surface area (Å²) in [6.07, 6.45) is 4.16. The first-order valence-corrected chi connectivity index (χ1v) is 9.36. The number of nitrogens with zero attached hydrogens (tertiary/aromatic N) is 2. The fraction of sp³-hybridized carbons (Fsp3) is 0.316. The van der Waals surface area contributed by atoms with E-state index in [2.05, 4.69) is 20.6 Å². The quantitative estimate of drug-likeness (QED) is 0.707. The number of carbonyl (C=O) groups excluding carboxylic acids is 1. The van der Waals surface area contributed by atoms with Crippen LogP contribution in [0, 0.1) is 6.92 Å². The highest BCUT2D eigenvalue weighted by molar-refractivity contribution is 7.15. The first-order chi connectivity index (χ1) is 12.2. The summed E-state index contributed by atoms with van der Waals surface area (Å²) in [7, 11) is 0. The van der Waals surface area contributed by atoms with E-state index in [0.29, 0.717) is 16.6 Å². The van der Waals surface area contributed by atoms with Crippen molar-refractivity contribution >= 4 is 45.7 Å². The molecule has 0 unspecified atom stereocenters. The van der Waals surface area contributed by atoms with Crippen LogP contribution in [0.25, 0.3) is 10.9 Å². The van der Waals surface area contributed by atoms with Crippen molar-refractivity contribution in [3.8, 4) is 0 Å². The van der Waals surface area contributed by atoms with Gasteiger partial charge in [-0.2, -0.15) is 0 Å². The minimum absolute atomic E-state index is 0. The van der Waals surface area contributed by atoms with Crippen LogP contribution in [0.5, 0.6) is 0 Å². The van der Waals surface area contributed by atoms with E-state index in [0.717, 1.165) is 42.5 Å². The molecule has 0 bridgehead atoms. The predicted molar refractivity (Wildman–Crippen MR) is 109 cm³/mol. The Kier molecular flexibility index (Phi) is 5.86. The predicted octanol–water partition coefficient (Wildman–Crippen LogP) is 4.14. The molecule has 1 fully saturated rings. The van der Waals surface area contributed by atoms with Crippen molar-refractivity contribution in [1.29, 1.82) is 0 Å². The SMILES string of the molecule is Cc1ccc2cccc(C(=O)Nc3ncc(C4CCNCC4)s3)c2n1.Cl. The molecule has 136 valence electrons. The first kappa shape index (κ1) is 18.8. The van der Waals surface area contributed by atoms with Crippen molar-refractivity contribution in [2.24, 2.45) is 0 Å². The maximum atomic E-state index is 12.7. The van der Waals surface area contributed by atoms with Crippen molar-refractivity contribution < 1.29 is 4.79 Å². The molecule has 0 saturated carbocycles. The number of halogens is 1. The maximum Gasteiger partial charge on any atom is 0.259 e. The standard InChI is InChI=1S/C19H20N4OS.ClH/c1-12-5-6-14-3-2-4-15(17(14)22-12)18(24)23-19-21-11-16(25-19)13-7-9-20-10-8-13;/h2-6,11,13,20H,7-10H2,1H3,(H,21,23,24);1H. The Morgan fingerprint density at radius 2 is 2.04 bits per heavy atom. The van der Waals surface area contributed by atoms with Crippen LogP contribution in [0.15, 0.2) is 36.5 Å². The molecule has 1 amide bonds. The van der Waals surface area contributed by atoms with Gasteiger partial charge in [0.15, 0.2) is 5.13 Å². The summed E-state index contributed by atoms with van der Waals surface area (Å²) in [6, 6.07) is 9.61. The van der Waals surface area contributed by atoms with Crippen LogP contribution in [0.2, 0.25) is 0 Å². The Balaban J connectivity index is 0.00000196. The monoisotopic (exact) mass is 388 g/mol. The summed E-state index contributed by atoms with van der Waals surface area (Å²) in [6.45, 7) is 4.02. The summed E-state index contributed by atoms with van der Waals surface area (Å²) in [4.78, 5) is 22.9. The second kappa shape index (κ2) is 8.12. The zero-order valence-corrected chi connectivity index (χ0v) is 16.1. The van der Waals surface area contributed by atoms with Crippen LogP contribution in [0.3, 0.4) is 0 Å². The zero-order valence-electron chi connectivity index (χ0n) is 14.5. The highest BCUT2D eigenvalue weighted by Gasteiger charge is 2.19. The van der Waals surface area contributed by atoms with E-state index in [1.54, 1.807) is 11.3 Å². The number of fused-ring (bicyclic) bond motifs is 1. The average Bonchev–Trinajstić information content (AvgIpc) is 3.10. The van der Waals surface area contributed by atoms with Crippen LogP contribution in [-0.2, 0) is 0 Å². The lowest BCUT2D eigenvalue weighted by Gasteiger charge is -2.20. The van der Waals surface area contributed by atoms with Crippen molar-refractivity contribution in [3.05, 3.63) is 52.7 Å². The highest BCUT2D eigenvalue weighted by atomic mass is 35.5. The molecule has 3 aromatic rings. The number of benzene rings is 1. The van der Waals surface area contributed by atoms with Gasteiger partial charge in [0.05, 0.1) is 11.1 Å². The van der Waals surface area contributed by atoms with Crippen molar-refractivity contribution in [2.75, 3.05) is 18.4 Å². The number of carbonyl (C=O) groups is 1. The molecule has 2 aromatic heterocycles. The normalized spacial score (nSPS) is 14.8. The van der Waals surface area contributed by atoms with Gasteiger partial charge in [0.25, 0.3) is 5.91 Å². The number of amides is 1.